The molecule has 3 N–H and O–H groups in total. The number of hydrogen-bond donors (Lipinski definition) is 2. The number of nitrogens with one attached hydrogen (secondary N) is 1. The normalized spacial score (nSPS) is 14.4. The van der Waals surface area contributed by atoms with E-state index in [1.54, 1.807) is 0 Å². The molecule has 0 unspecified atom stereocenters. The molecule has 5 heteroatoms. The zero-order chi connectivity index (χ0) is 14.9. The van der Waals surface area contributed by atoms with Gasteiger partial charge in [0.05, 0.1) is 11.4 Å². The van der Waals surface area contributed by atoms with Crippen molar-refractivity contribution in [3.63, 3.8) is 0 Å². The molecule has 0 saturated heterocycles. The second kappa shape index (κ2) is 5.42. The van der Waals surface area contributed by atoms with Gasteiger partial charge in [-0.3, -0.25) is 0 Å². The van der Waals surface area contributed by atoms with Crippen LogP contribution in [0.1, 0.15) is 24.5 Å². The lowest BCUT2D eigenvalue weighted by atomic mass is 10.1. The molecule has 4 rings (SSSR count). The summed E-state index contributed by atoms with van der Waals surface area (Å²) in [5.41, 5.74) is 9.72. The molecular formula is C17H19N5. The zero-order valence-electron chi connectivity index (χ0n) is 12.4. The van der Waals surface area contributed by atoms with Gasteiger partial charge in [-0.1, -0.05) is 30.3 Å². The molecule has 2 heterocycles. The van der Waals surface area contributed by atoms with Crippen LogP contribution in [0.25, 0.3) is 16.9 Å². The van der Waals surface area contributed by atoms with E-state index in [-0.39, 0.29) is 0 Å². The number of fused-ring (bicyclic) bond motifs is 1. The molecule has 0 atom stereocenters. The Kier molecular flexibility index (Phi) is 3.27. The van der Waals surface area contributed by atoms with Gasteiger partial charge in [0.25, 0.3) is 0 Å². The smallest absolute Gasteiger partial charge is 0.158 e. The van der Waals surface area contributed by atoms with Crippen LogP contribution in [0.15, 0.2) is 42.5 Å². The summed E-state index contributed by atoms with van der Waals surface area (Å²) in [4.78, 5) is 4.77. The van der Waals surface area contributed by atoms with E-state index in [4.69, 9.17) is 15.8 Å². The third kappa shape index (κ3) is 2.44. The van der Waals surface area contributed by atoms with Crippen LogP contribution >= 0.6 is 0 Å². The van der Waals surface area contributed by atoms with E-state index in [2.05, 4.69) is 23.5 Å². The van der Waals surface area contributed by atoms with Gasteiger partial charge in [-0.05, 0) is 12.8 Å². The number of hydrogen-bond acceptors (Lipinski definition) is 4. The van der Waals surface area contributed by atoms with Crippen molar-refractivity contribution in [2.24, 2.45) is 5.73 Å². The summed E-state index contributed by atoms with van der Waals surface area (Å²) >= 11 is 0. The van der Waals surface area contributed by atoms with Crippen LogP contribution in [-0.4, -0.2) is 27.7 Å². The summed E-state index contributed by atoms with van der Waals surface area (Å²) in [5.74, 6) is 1.56. The van der Waals surface area contributed by atoms with Gasteiger partial charge < -0.3 is 11.1 Å². The van der Waals surface area contributed by atoms with Gasteiger partial charge >= 0.3 is 0 Å². The van der Waals surface area contributed by atoms with E-state index < -0.39 is 0 Å². The van der Waals surface area contributed by atoms with Crippen LogP contribution in [0.2, 0.25) is 0 Å². The summed E-state index contributed by atoms with van der Waals surface area (Å²) < 4.78 is 1.90. The molecule has 2 aromatic heterocycles. The lowest BCUT2D eigenvalue weighted by Crippen LogP contribution is -2.15. The molecule has 0 spiro atoms. The topological polar surface area (TPSA) is 68.2 Å². The fourth-order valence-corrected chi connectivity index (χ4v) is 2.65. The van der Waals surface area contributed by atoms with E-state index in [1.165, 1.54) is 12.8 Å². The van der Waals surface area contributed by atoms with Gasteiger partial charge in [0.1, 0.15) is 5.82 Å². The summed E-state index contributed by atoms with van der Waals surface area (Å²) in [6.45, 7) is 1.30. The number of nitrogens with zero attached hydrogens (tertiary/aromatic N) is 3. The minimum atomic E-state index is 0.585. The van der Waals surface area contributed by atoms with Crippen molar-refractivity contribution >= 4 is 11.5 Å². The van der Waals surface area contributed by atoms with Gasteiger partial charge in [-0.15, -0.1) is 0 Å². The highest BCUT2D eigenvalue weighted by molar-refractivity contribution is 5.66. The Bertz CT molecular complexity index is 789. The van der Waals surface area contributed by atoms with Crippen LogP contribution in [0, 0.1) is 0 Å². The SMILES string of the molecule is NCCNc1cc(-c2ccccc2)nc2cc(C3CC3)nn12. The first kappa shape index (κ1) is 13.3. The Hall–Kier alpha value is -2.40. The monoisotopic (exact) mass is 293 g/mol. The minimum Gasteiger partial charge on any atom is -0.369 e. The zero-order valence-corrected chi connectivity index (χ0v) is 12.4. The average molecular weight is 293 g/mol. The van der Waals surface area contributed by atoms with Gasteiger partial charge in [-0.25, -0.2) is 4.98 Å². The molecule has 1 fully saturated rings. The standard InChI is InChI=1S/C17H19N5/c18-8-9-19-16-10-14(12-4-2-1-3-5-12)20-17-11-15(13-6-7-13)21-22(16)17/h1-5,10-11,13,19H,6-9,18H2. The van der Waals surface area contributed by atoms with E-state index in [0.29, 0.717) is 19.0 Å². The Morgan fingerprint density at radius 1 is 1.18 bits per heavy atom. The largest absolute Gasteiger partial charge is 0.369 e. The van der Waals surface area contributed by atoms with Crippen molar-refractivity contribution < 1.29 is 0 Å². The van der Waals surface area contributed by atoms with Crippen LogP contribution in [-0.2, 0) is 0 Å². The van der Waals surface area contributed by atoms with E-state index in [0.717, 1.165) is 28.4 Å². The fraction of sp³-hybridized carbons (Fsp3) is 0.294. The molecular weight excluding hydrogens is 274 g/mol. The minimum absolute atomic E-state index is 0.585. The maximum Gasteiger partial charge on any atom is 0.158 e. The van der Waals surface area contributed by atoms with Crippen molar-refractivity contribution in [1.82, 2.24) is 14.6 Å². The fourth-order valence-electron chi connectivity index (χ4n) is 2.65. The summed E-state index contributed by atoms with van der Waals surface area (Å²) in [6.07, 6.45) is 2.47. The molecule has 1 saturated carbocycles. The molecule has 1 aromatic carbocycles. The second-order valence-electron chi connectivity index (χ2n) is 5.72. The van der Waals surface area contributed by atoms with E-state index in [1.807, 2.05) is 28.8 Å². The van der Waals surface area contributed by atoms with Gasteiger partial charge in [0, 0.05) is 36.7 Å². The van der Waals surface area contributed by atoms with Gasteiger partial charge in [-0.2, -0.15) is 9.61 Å². The molecule has 0 bridgehead atoms. The molecule has 0 radical (unpaired) electrons. The van der Waals surface area contributed by atoms with Crippen molar-refractivity contribution in [3.05, 3.63) is 48.2 Å². The van der Waals surface area contributed by atoms with Crippen LogP contribution in [0.3, 0.4) is 0 Å². The molecule has 1 aliphatic rings. The van der Waals surface area contributed by atoms with E-state index >= 15 is 0 Å². The first-order valence-electron chi connectivity index (χ1n) is 7.75. The van der Waals surface area contributed by atoms with Crippen LogP contribution < -0.4 is 11.1 Å². The lowest BCUT2D eigenvalue weighted by Gasteiger charge is -2.09. The van der Waals surface area contributed by atoms with Gasteiger partial charge in [0.2, 0.25) is 0 Å². The maximum atomic E-state index is 5.63. The third-order valence-electron chi connectivity index (χ3n) is 3.96. The Morgan fingerprint density at radius 3 is 2.73 bits per heavy atom. The second-order valence-corrected chi connectivity index (χ2v) is 5.72. The molecule has 1 aliphatic carbocycles. The summed E-state index contributed by atoms with van der Waals surface area (Å²) in [7, 11) is 0. The van der Waals surface area contributed by atoms with Crippen molar-refractivity contribution in [2.75, 3.05) is 18.4 Å². The molecule has 0 aliphatic heterocycles. The lowest BCUT2D eigenvalue weighted by molar-refractivity contribution is 0.874. The number of benzene rings is 1. The number of anilines is 1. The molecule has 112 valence electrons. The molecule has 22 heavy (non-hydrogen) atoms. The number of aromatic nitrogens is 3. The van der Waals surface area contributed by atoms with Crippen LogP contribution in [0.5, 0.6) is 0 Å². The quantitative estimate of drug-likeness (QED) is 0.759. The Balaban J connectivity index is 1.84. The first-order valence-corrected chi connectivity index (χ1v) is 7.75. The van der Waals surface area contributed by atoms with Gasteiger partial charge in [0.15, 0.2) is 5.65 Å². The van der Waals surface area contributed by atoms with E-state index in [9.17, 15) is 0 Å². The van der Waals surface area contributed by atoms with Crippen molar-refractivity contribution in [1.29, 1.82) is 0 Å². The predicted octanol–water partition coefficient (Wildman–Crippen LogP) is 2.64. The van der Waals surface area contributed by atoms with Crippen molar-refractivity contribution in [3.8, 4) is 11.3 Å². The number of nitrogens with two attached hydrogens (primary N) is 1. The molecule has 3 aromatic rings. The Morgan fingerprint density at radius 2 is 2.00 bits per heavy atom. The van der Waals surface area contributed by atoms with Crippen molar-refractivity contribution in [2.45, 2.75) is 18.8 Å². The third-order valence-corrected chi connectivity index (χ3v) is 3.96. The average Bonchev–Trinajstić information content (AvgIpc) is 3.32. The highest BCUT2D eigenvalue weighted by Crippen LogP contribution is 2.39. The highest BCUT2D eigenvalue weighted by atomic mass is 15.3. The predicted molar refractivity (Wildman–Crippen MR) is 87.9 cm³/mol. The Labute approximate surface area is 129 Å². The molecule has 0 amide bonds. The summed E-state index contributed by atoms with van der Waals surface area (Å²) in [5, 5.41) is 8.07. The first-order chi connectivity index (χ1) is 10.8. The molecule has 5 nitrogen and oxygen atoms in total. The van der Waals surface area contributed by atoms with Crippen LogP contribution in [0.4, 0.5) is 5.82 Å². The number of rotatable bonds is 5. The highest BCUT2D eigenvalue weighted by Gasteiger charge is 2.27. The summed E-state index contributed by atoms with van der Waals surface area (Å²) in [6, 6.07) is 14.4. The maximum absolute atomic E-state index is 5.63.